The number of piperazine rings is 1. The van der Waals surface area contributed by atoms with Gasteiger partial charge in [0, 0.05) is 75.4 Å². The van der Waals surface area contributed by atoms with E-state index >= 15 is 0 Å². The van der Waals surface area contributed by atoms with Crippen LogP contribution in [0.4, 0.5) is 26.3 Å². The molecule has 3 aliphatic heterocycles. The highest BCUT2D eigenvalue weighted by Crippen LogP contribution is 2.37. The number of nitrogens with zero attached hydrogens (tertiary/aromatic N) is 4. The summed E-state index contributed by atoms with van der Waals surface area (Å²) >= 11 is 0. The van der Waals surface area contributed by atoms with Crippen molar-refractivity contribution in [1.82, 2.24) is 19.6 Å². The first-order valence-electron chi connectivity index (χ1n) is 17.3. The van der Waals surface area contributed by atoms with E-state index in [0.717, 1.165) is 83.4 Å². The van der Waals surface area contributed by atoms with Crippen molar-refractivity contribution in [2.45, 2.75) is 88.3 Å². The van der Waals surface area contributed by atoms with Gasteiger partial charge in [-0.3, -0.25) is 19.4 Å². The highest BCUT2D eigenvalue weighted by molar-refractivity contribution is 5.95. The third-order valence-corrected chi connectivity index (χ3v) is 11.0. The molecule has 1 saturated carbocycles. The van der Waals surface area contributed by atoms with Crippen molar-refractivity contribution in [3.8, 4) is 0 Å². The molecule has 4 fully saturated rings. The molecule has 0 bridgehead atoms. The summed E-state index contributed by atoms with van der Waals surface area (Å²) in [5, 5.41) is 0. The molecule has 0 aromatic heterocycles. The van der Waals surface area contributed by atoms with Gasteiger partial charge in [-0.2, -0.15) is 26.3 Å². The summed E-state index contributed by atoms with van der Waals surface area (Å²) in [6, 6.07) is 10.8. The van der Waals surface area contributed by atoms with Crippen LogP contribution >= 0.6 is 0 Å². The molecule has 12 heteroatoms. The highest BCUT2D eigenvalue weighted by Gasteiger charge is 2.41. The van der Waals surface area contributed by atoms with Gasteiger partial charge in [0.25, 0.3) is 5.91 Å². The summed E-state index contributed by atoms with van der Waals surface area (Å²) in [6.07, 6.45) is -2.15. The van der Waals surface area contributed by atoms with Crippen molar-refractivity contribution in [2.75, 3.05) is 45.8 Å². The van der Waals surface area contributed by atoms with E-state index in [9.17, 15) is 35.9 Å². The van der Waals surface area contributed by atoms with Crippen molar-refractivity contribution in [3.63, 3.8) is 0 Å². The zero-order valence-corrected chi connectivity index (χ0v) is 27.1. The third kappa shape index (κ3) is 8.01. The molecule has 0 radical (unpaired) electrons. The largest absolute Gasteiger partial charge is 0.416 e. The van der Waals surface area contributed by atoms with Crippen LogP contribution in [0.15, 0.2) is 48.5 Å². The Hall–Kier alpha value is -3.12. The van der Waals surface area contributed by atoms with Crippen molar-refractivity contribution in [1.29, 1.82) is 0 Å². The molecular weight excluding hydrogens is 634 g/mol. The molecule has 6 nitrogen and oxygen atoms in total. The van der Waals surface area contributed by atoms with Gasteiger partial charge in [-0.1, -0.05) is 43.2 Å². The van der Waals surface area contributed by atoms with Gasteiger partial charge in [0.15, 0.2) is 0 Å². The van der Waals surface area contributed by atoms with E-state index in [1.54, 1.807) is 0 Å². The number of benzene rings is 2. The smallest absolute Gasteiger partial charge is 0.342 e. The van der Waals surface area contributed by atoms with Crippen LogP contribution in [0.1, 0.15) is 78.4 Å². The van der Waals surface area contributed by atoms with Gasteiger partial charge in [-0.25, -0.2) is 0 Å². The molecule has 3 saturated heterocycles. The molecule has 48 heavy (non-hydrogen) atoms. The maximum atomic E-state index is 13.7. The Morgan fingerprint density at radius 1 is 0.667 bits per heavy atom. The van der Waals surface area contributed by atoms with Gasteiger partial charge in [-0.05, 0) is 68.7 Å². The number of piperidine rings is 2. The zero-order valence-electron chi connectivity index (χ0n) is 27.1. The van der Waals surface area contributed by atoms with Crippen LogP contribution in [0.5, 0.6) is 0 Å². The van der Waals surface area contributed by atoms with Crippen LogP contribution in [0.3, 0.4) is 0 Å². The molecule has 1 aliphatic carbocycles. The normalized spacial score (nSPS) is 24.3. The summed E-state index contributed by atoms with van der Waals surface area (Å²) in [5.41, 5.74) is -2.62. The number of rotatable bonds is 6. The number of hydrogen-bond acceptors (Lipinski definition) is 4. The number of carbonyl (C=O) groups is 2. The van der Waals surface area contributed by atoms with Crippen molar-refractivity contribution in [3.05, 3.63) is 70.8 Å². The third-order valence-electron chi connectivity index (χ3n) is 11.0. The van der Waals surface area contributed by atoms with Crippen LogP contribution in [0, 0.1) is 5.92 Å². The first-order valence-corrected chi connectivity index (χ1v) is 17.3. The SMILES string of the molecule is O=C(C1CCCC1)N1CCC(N2CCN(C3CCN(C(=O)c4cc(C(F)(F)F)cc(C(F)(F)F)c4)C(Cc4ccccc4)C3)CC2)CC1. The quantitative estimate of drug-likeness (QED) is 0.318. The van der Waals surface area contributed by atoms with E-state index in [2.05, 4.69) is 14.7 Å². The Bertz CT molecular complexity index is 1380. The minimum absolute atomic E-state index is 0.0590. The van der Waals surface area contributed by atoms with E-state index in [1.807, 2.05) is 30.3 Å². The van der Waals surface area contributed by atoms with E-state index in [1.165, 1.54) is 4.90 Å². The van der Waals surface area contributed by atoms with Gasteiger partial charge < -0.3 is 9.80 Å². The second-order valence-corrected chi connectivity index (χ2v) is 13.9. The maximum Gasteiger partial charge on any atom is 0.416 e. The molecule has 6 rings (SSSR count). The fraction of sp³-hybridized carbons (Fsp3) is 0.611. The van der Waals surface area contributed by atoms with Crippen LogP contribution < -0.4 is 0 Å². The summed E-state index contributed by atoms with van der Waals surface area (Å²) in [4.78, 5) is 35.1. The van der Waals surface area contributed by atoms with Gasteiger partial charge in [0.05, 0.1) is 11.1 Å². The Labute approximate surface area is 278 Å². The minimum atomic E-state index is -5.03. The Morgan fingerprint density at radius 3 is 1.77 bits per heavy atom. The molecule has 0 N–H and O–H groups in total. The van der Waals surface area contributed by atoms with Crippen molar-refractivity contribution < 1.29 is 35.9 Å². The highest BCUT2D eigenvalue weighted by atomic mass is 19.4. The first-order chi connectivity index (χ1) is 22.9. The Balaban J connectivity index is 1.11. The summed E-state index contributed by atoms with van der Waals surface area (Å²) in [7, 11) is 0. The molecule has 2 aromatic rings. The second-order valence-electron chi connectivity index (χ2n) is 13.9. The molecule has 2 amide bonds. The predicted octanol–water partition coefficient (Wildman–Crippen LogP) is 6.74. The molecule has 262 valence electrons. The second kappa shape index (κ2) is 14.4. The molecule has 2 aromatic carbocycles. The van der Waals surface area contributed by atoms with Crippen molar-refractivity contribution in [2.24, 2.45) is 5.92 Å². The molecule has 0 spiro atoms. The van der Waals surface area contributed by atoms with E-state index in [-0.39, 0.29) is 30.6 Å². The average molecular weight is 679 g/mol. The van der Waals surface area contributed by atoms with Gasteiger partial charge in [0.1, 0.15) is 0 Å². The fourth-order valence-electron chi connectivity index (χ4n) is 8.30. The number of likely N-dealkylation sites (tertiary alicyclic amines) is 2. The molecular formula is C36H44F6N4O2. The van der Waals surface area contributed by atoms with Gasteiger partial charge in [0.2, 0.25) is 5.91 Å². The van der Waals surface area contributed by atoms with E-state index < -0.39 is 35.0 Å². The molecule has 3 heterocycles. The van der Waals surface area contributed by atoms with Crippen LogP contribution in [-0.2, 0) is 23.6 Å². The lowest BCUT2D eigenvalue weighted by Crippen LogP contribution is -2.58. The topological polar surface area (TPSA) is 47.1 Å². The lowest BCUT2D eigenvalue weighted by Gasteiger charge is -2.48. The van der Waals surface area contributed by atoms with Crippen LogP contribution in [0.25, 0.3) is 0 Å². The fourth-order valence-corrected chi connectivity index (χ4v) is 8.30. The number of halogens is 6. The Morgan fingerprint density at radius 2 is 1.21 bits per heavy atom. The summed E-state index contributed by atoms with van der Waals surface area (Å²) in [5.74, 6) is -0.270. The number of alkyl halides is 6. The van der Waals surface area contributed by atoms with Gasteiger partial charge >= 0.3 is 12.4 Å². The lowest BCUT2D eigenvalue weighted by atomic mass is 9.90. The number of amides is 2. The van der Waals surface area contributed by atoms with Crippen LogP contribution in [0.2, 0.25) is 0 Å². The zero-order chi connectivity index (χ0) is 34.1. The van der Waals surface area contributed by atoms with Crippen LogP contribution in [-0.4, -0.2) is 95.4 Å². The molecule has 4 aliphatic rings. The molecule has 2 unspecified atom stereocenters. The predicted molar refractivity (Wildman–Crippen MR) is 169 cm³/mol. The minimum Gasteiger partial charge on any atom is -0.342 e. The average Bonchev–Trinajstić information content (AvgIpc) is 3.63. The first kappa shape index (κ1) is 34.7. The number of hydrogen-bond donors (Lipinski definition) is 0. The van der Waals surface area contributed by atoms with Crippen molar-refractivity contribution >= 4 is 11.8 Å². The van der Waals surface area contributed by atoms with Gasteiger partial charge in [-0.15, -0.1) is 0 Å². The number of carbonyl (C=O) groups excluding carboxylic acids is 2. The Kier molecular flexibility index (Phi) is 10.4. The summed E-state index contributed by atoms with van der Waals surface area (Å²) < 4.78 is 81.6. The maximum absolute atomic E-state index is 13.7. The lowest BCUT2D eigenvalue weighted by molar-refractivity contribution is -0.143. The summed E-state index contributed by atoms with van der Waals surface area (Å²) in [6.45, 7) is 5.35. The van der Waals surface area contributed by atoms with E-state index in [4.69, 9.17) is 0 Å². The standard InChI is InChI=1S/C36H44F6N4O2/c37-35(38,39)28-21-27(22-29(23-28)36(40,41)42)34(48)46-15-12-31(24-32(46)20-25-6-2-1-3-7-25)44-18-16-43(17-19-44)30-10-13-45(14-11-30)33(47)26-8-4-5-9-26/h1-3,6-7,21-23,26,30-32H,4-5,8-20,24H2. The monoisotopic (exact) mass is 678 g/mol. The molecule has 2 atom stereocenters. The van der Waals surface area contributed by atoms with E-state index in [0.29, 0.717) is 43.3 Å².